The molecule has 0 aliphatic rings. The number of benzene rings is 1. The summed E-state index contributed by atoms with van der Waals surface area (Å²) in [5, 5.41) is 8.63. The Balaban J connectivity index is 1.86. The Morgan fingerprint density at radius 2 is 1.88 bits per heavy atom. The van der Waals surface area contributed by atoms with E-state index in [9.17, 15) is 8.42 Å². The third-order valence-electron chi connectivity index (χ3n) is 3.68. The maximum atomic E-state index is 11.4. The molecule has 26 heavy (non-hydrogen) atoms. The van der Waals surface area contributed by atoms with Crippen LogP contribution in [0, 0.1) is 6.92 Å². The van der Waals surface area contributed by atoms with E-state index in [1.165, 1.54) is 6.07 Å². The van der Waals surface area contributed by atoms with Crippen molar-refractivity contribution in [3.05, 3.63) is 41.4 Å². The lowest BCUT2D eigenvalue weighted by molar-refractivity contribution is 0.354. The summed E-state index contributed by atoms with van der Waals surface area (Å²) in [5.74, 6) is 2.10. The van der Waals surface area contributed by atoms with Gasteiger partial charge in [0, 0.05) is 12.5 Å². The van der Waals surface area contributed by atoms with Crippen molar-refractivity contribution >= 4 is 10.0 Å². The number of methoxy groups -OCH3 is 2. The van der Waals surface area contributed by atoms with E-state index in [4.69, 9.17) is 23.6 Å². The standard InChI is InChI=1S/C16H17N3O6S/c1-9-11(8-15(24-9)26(17,20)21)16-18-14(19-25-16)7-10-4-5-12(22-2)13(6-10)23-3/h4-6,8H,7H2,1-3H3,(H2,17,20,21). The largest absolute Gasteiger partial charge is 0.493 e. The third kappa shape index (κ3) is 3.55. The van der Waals surface area contributed by atoms with Gasteiger partial charge in [0.05, 0.1) is 19.8 Å². The zero-order valence-electron chi connectivity index (χ0n) is 14.3. The minimum absolute atomic E-state index is 0.150. The Hall–Kier alpha value is -2.85. The van der Waals surface area contributed by atoms with Crippen molar-refractivity contribution in [2.24, 2.45) is 5.14 Å². The van der Waals surface area contributed by atoms with Gasteiger partial charge in [-0.1, -0.05) is 11.2 Å². The highest BCUT2D eigenvalue weighted by Gasteiger charge is 2.21. The Morgan fingerprint density at radius 3 is 2.50 bits per heavy atom. The number of primary sulfonamides is 1. The second-order valence-corrected chi connectivity index (χ2v) is 6.95. The molecule has 0 aliphatic heterocycles. The molecule has 2 N–H and O–H groups in total. The normalized spacial score (nSPS) is 11.5. The molecular formula is C16H17N3O6S. The average Bonchev–Trinajstić information content (AvgIpc) is 3.20. The minimum Gasteiger partial charge on any atom is -0.493 e. The molecule has 0 fully saturated rings. The number of nitrogens with zero attached hydrogens (tertiary/aromatic N) is 2. The molecule has 3 aromatic rings. The second-order valence-electron chi connectivity index (χ2n) is 5.46. The van der Waals surface area contributed by atoms with Crippen molar-refractivity contribution in [3.8, 4) is 23.0 Å². The molecule has 0 bridgehead atoms. The smallest absolute Gasteiger partial charge is 0.271 e. The van der Waals surface area contributed by atoms with Crippen molar-refractivity contribution in [2.45, 2.75) is 18.4 Å². The van der Waals surface area contributed by atoms with E-state index in [1.807, 2.05) is 12.1 Å². The van der Waals surface area contributed by atoms with E-state index in [0.29, 0.717) is 35.1 Å². The van der Waals surface area contributed by atoms with Crippen molar-refractivity contribution in [3.63, 3.8) is 0 Å². The van der Waals surface area contributed by atoms with Gasteiger partial charge in [0.2, 0.25) is 5.09 Å². The summed E-state index contributed by atoms with van der Waals surface area (Å²) < 4.78 is 43.6. The van der Waals surface area contributed by atoms with Crippen molar-refractivity contribution in [2.75, 3.05) is 14.2 Å². The zero-order valence-corrected chi connectivity index (χ0v) is 15.2. The SMILES string of the molecule is COc1ccc(Cc2noc(-c3cc(S(N)(=O)=O)oc3C)n2)cc1OC. The van der Waals surface area contributed by atoms with Crippen LogP contribution in [0.25, 0.3) is 11.5 Å². The van der Waals surface area contributed by atoms with Crippen LogP contribution < -0.4 is 14.6 Å². The van der Waals surface area contributed by atoms with Gasteiger partial charge in [-0.15, -0.1) is 0 Å². The van der Waals surface area contributed by atoms with Crippen molar-refractivity contribution < 1.29 is 26.8 Å². The number of aryl methyl sites for hydroxylation is 1. The molecule has 9 nitrogen and oxygen atoms in total. The van der Waals surface area contributed by atoms with Crippen LogP contribution in [0.2, 0.25) is 0 Å². The zero-order chi connectivity index (χ0) is 18.9. The Labute approximate surface area is 149 Å². The molecule has 10 heteroatoms. The van der Waals surface area contributed by atoms with Crippen molar-refractivity contribution in [1.82, 2.24) is 10.1 Å². The molecule has 3 rings (SSSR count). The summed E-state index contributed by atoms with van der Waals surface area (Å²) in [5.41, 5.74) is 1.27. The quantitative estimate of drug-likeness (QED) is 0.687. The maximum absolute atomic E-state index is 11.4. The van der Waals surface area contributed by atoms with Gasteiger partial charge in [-0.05, 0) is 24.6 Å². The van der Waals surface area contributed by atoms with E-state index < -0.39 is 10.0 Å². The van der Waals surface area contributed by atoms with Gasteiger partial charge < -0.3 is 18.4 Å². The molecule has 0 atom stereocenters. The highest BCUT2D eigenvalue weighted by Crippen LogP contribution is 2.30. The van der Waals surface area contributed by atoms with Crippen LogP contribution in [0.3, 0.4) is 0 Å². The molecule has 2 heterocycles. The number of nitrogens with two attached hydrogens (primary N) is 1. The first-order valence-electron chi connectivity index (χ1n) is 7.49. The molecule has 0 saturated heterocycles. The number of aromatic nitrogens is 2. The number of hydrogen-bond donors (Lipinski definition) is 1. The number of ether oxygens (including phenoxy) is 2. The van der Waals surface area contributed by atoms with E-state index in [1.54, 1.807) is 27.2 Å². The summed E-state index contributed by atoms with van der Waals surface area (Å²) in [4.78, 5) is 4.28. The molecule has 0 aliphatic carbocycles. The first-order chi connectivity index (χ1) is 12.3. The summed E-state index contributed by atoms with van der Waals surface area (Å²) >= 11 is 0. The Morgan fingerprint density at radius 1 is 1.15 bits per heavy atom. The van der Waals surface area contributed by atoms with Gasteiger partial charge >= 0.3 is 0 Å². The Kier molecular flexibility index (Phi) is 4.70. The van der Waals surface area contributed by atoms with E-state index in [-0.39, 0.29) is 11.0 Å². The topological polar surface area (TPSA) is 131 Å². The van der Waals surface area contributed by atoms with E-state index >= 15 is 0 Å². The first kappa shape index (κ1) is 18.0. The first-order valence-corrected chi connectivity index (χ1v) is 9.03. The molecule has 0 saturated carbocycles. The molecular weight excluding hydrogens is 362 g/mol. The molecule has 0 radical (unpaired) electrons. The average molecular weight is 379 g/mol. The predicted octanol–water partition coefficient (Wildman–Crippen LogP) is 1.89. The fraction of sp³-hybridized carbons (Fsp3) is 0.250. The van der Waals surface area contributed by atoms with Crippen LogP contribution >= 0.6 is 0 Å². The van der Waals surface area contributed by atoms with Gasteiger partial charge in [-0.3, -0.25) is 0 Å². The third-order valence-corrected chi connectivity index (χ3v) is 4.45. The van der Waals surface area contributed by atoms with Crippen molar-refractivity contribution in [1.29, 1.82) is 0 Å². The van der Waals surface area contributed by atoms with Gasteiger partial charge in [0.15, 0.2) is 17.3 Å². The highest BCUT2D eigenvalue weighted by molar-refractivity contribution is 7.89. The van der Waals surface area contributed by atoms with Crippen LogP contribution in [-0.4, -0.2) is 32.8 Å². The summed E-state index contributed by atoms with van der Waals surface area (Å²) in [6.45, 7) is 1.59. The molecule has 0 spiro atoms. The van der Waals surface area contributed by atoms with Crippen LogP contribution in [0.5, 0.6) is 11.5 Å². The number of sulfonamides is 1. The van der Waals surface area contributed by atoms with E-state index in [2.05, 4.69) is 10.1 Å². The molecule has 138 valence electrons. The van der Waals surface area contributed by atoms with Gasteiger partial charge in [-0.25, -0.2) is 13.6 Å². The molecule has 0 unspecified atom stereocenters. The molecule has 1 aromatic carbocycles. The maximum Gasteiger partial charge on any atom is 0.271 e. The van der Waals surface area contributed by atoms with Crippen LogP contribution in [-0.2, 0) is 16.4 Å². The fourth-order valence-corrected chi connectivity index (χ4v) is 2.94. The number of hydrogen-bond acceptors (Lipinski definition) is 8. The van der Waals surface area contributed by atoms with Gasteiger partial charge in [0.1, 0.15) is 5.76 Å². The second kappa shape index (κ2) is 6.81. The molecule has 0 amide bonds. The monoisotopic (exact) mass is 379 g/mol. The highest BCUT2D eigenvalue weighted by atomic mass is 32.2. The van der Waals surface area contributed by atoms with E-state index in [0.717, 1.165) is 5.56 Å². The lowest BCUT2D eigenvalue weighted by Crippen LogP contribution is -2.10. The summed E-state index contributed by atoms with van der Waals surface area (Å²) in [7, 11) is -0.835. The van der Waals surface area contributed by atoms with Crippen LogP contribution in [0.15, 0.2) is 38.3 Å². The fourth-order valence-electron chi connectivity index (χ4n) is 2.42. The van der Waals surface area contributed by atoms with Gasteiger partial charge in [-0.2, -0.15) is 4.98 Å². The summed E-state index contributed by atoms with van der Waals surface area (Å²) in [6.07, 6.45) is 0.392. The molecule has 2 aromatic heterocycles. The lowest BCUT2D eigenvalue weighted by atomic mass is 10.1. The summed E-state index contributed by atoms with van der Waals surface area (Å²) in [6, 6.07) is 6.72. The lowest BCUT2D eigenvalue weighted by Gasteiger charge is -2.08. The van der Waals surface area contributed by atoms with Gasteiger partial charge in [0.25, 0.3) is 15.9 Å². The predicted molar refractivity (Wildman–Crippen MR) is 90.5 cm³/mol. The minimum atomic E-state index is -3.95. The van der Waals surface area contributed by atoms with Crippen LogP contribution in [0.1, 0.15) is 17.1 Å². The van der Waals surface area contributed by atoms with Crippen LogP contribution in [0.4, 0.5) is 0 Å². The Bertz CT molecular complexity index is 1040. The number of rotatable bonds is 6. The number of furan rings is 1.